The van der Waals surface area contributed by atoms with E-state index < -0.39 is 5.54 Å². The standard InChI is InChI=1S/C17H21N3O/c1-17(18,13-9-5-4-6-10-13)16(21)19-14-11-7-8-12-15(14)20(2)3/h4-12H,18H2,1-3H3,(H,19,21). The first kappa shape index (κ1) is 15.1. The van der Waals surface area contributed by atoms with E-state index in [-0.39, 0.29) is 5.91 Å². The second kappa shape index (κ2) is 5.97. The Hall–Kier alpha value is -2.33. The predicted octanol–water partition coefficient (Wildman–Crippen LogP) is 2.57. The monoisotopic (exact) mass is 283 g/mol. The predicted molar refractivity (Wildman–Crippen MR) is 87.4 cm³/mol. The summed E-state index contributed by atoms with van der Waals surface area (Å²) < 4.78 is 0. The third-order valence-electron chi connectivity index (χ3n) is 3.48. The molecule has 1 amide bonds. The number of hydrogen-bond acceptors (Lipinski definition) is 3. The van der Waals surface area contributed by atoms with E-state index in [1.54, 1.807) is 6.92 Å². The minimum atomic E-state index is -1.08. The van der Waals surface area contributed by atoms with Crippen LogP contribution in [0.15, 0.2) is 54.6 Å². The number of rotatable bonds is 4. The zero-order chi connectivity index (χ0) is 15.5. The van der Waals surface area contributed by atoms with Gasteiger partial charge in [0.25, 0.3) is 0 Å². The molecule has 0 radical (unpaired) electrons. The van der Waals surface area contributed by atoms with Crippen molar-refractivity contribution in [2.45, 2.75) is 12.5 Å². The third-order valence-corrected chi connectivity index (χ3v) is 3.48. The number of nitrogens with one attached hydrogen (secondary N) is 1. The summed E-state index contributed by atoms with van der Waals surface area (Å²) in [5.41, 5.74) is 7.62. The lowest BCUT2D eigenvalue weighted by Gasteiger charge is -2.25. The number of amides is 1. The van der Waals surface area contributed by atoms with E-state index in [9.17, 15) is 4.79 Å². The van der Waals surface area contributed by atoms with Crippen LogP contribution in [-0.2, 0) is 10.3 Å². The summed E-state index contributed by atoms with van der Waals surface area (Å²) >= 11 is 0. The molecule has 110 valence electrons. The number of nitrogens with two attached hydrogens (primary N) is 1. The summed E-state index contributed by atoms with van der Waals surface area (Å²) in [6.45, 7) is 1.72. The van der Waals surface area contributed by atoms with Gasteiger partial charge in [-0.05, 0) is 24.6 Å². The molecular weight excluding hydrogens is 262 g/mol. The van der Waals surface area contributed by atoms with Gasteiger partial charge in [0, 0.05) is 14.1 Å². The summed E-state index contributed by atoms with van der Waals surface area (Å²) in [5.74, 6) is -0.233. The smallest absolute Gasteiger partial charge is 0.248 e. The van der Waals surface area contributed by atoms with E-state index in [0.717, 1.165) is 16.9 Å². The maximum Gasteiger partial charge on any atom is 0.248 e. The molecule has 0 aliphatic carbocycles. The first-order valence-electron chi connectivity index (χ1n) is 6.85. The van der Waals surface area contributed by atoms with Gasteiger partial charge in [0.1, 0.15) is 5.54 Å². The number of nitrogens with zero attached hydrogens (tertiary/aromatic N) is 1. The second-order valence-corrected chi connectivity index (χ2v) is 5.43. The van der Waals surface area contributed by atoms with E-state index in [1.807, 2.05) is 73.6 Å². The highest BCUT2D eigenvalue weighted by molar-refractivity contribution is 6.00. The van der Waals surface area contributed by atoms with Crippen molar-refractivity contribution in [1.82, 2.24) is 0 Å². The fraction of sp³-hybridized carbons (Fsp3) is 0.235. The zero-order valence-corrected chi connectivity index (χ0v) is 12.6. The average Bonchev–Trinajstić information content (AvgIpc) is 2.48. The zero-order valence-electron chi connectivity index (χ0n) is 12.6. The molecule has 4 heteroatoms. The van der Waals surface area contributed by atoms with Crippen molar-refractivity contribution in [2.75, 3.05) is 24.3 Å². The van der Waals surface area contributed by atoms with Crippen LogP contribution in [0.4, 0.5) is 11.4 Å². The molecule has 0 saturated carbocycles. The first-order valence-corrected chi connectivity index (χ1v) is 6.85. The van der Waals surface area contributed by atoms with Crippen molar-refractivity contribution >= 4 is 17.3 Å². The van der Waals surface area contributed by atoms with E-state index in [1.165, 1.54) is 0 Å². The lowest BCUT2D eigenvalue weighted by molar-refractivity contribution is -0.120. The SMILES string of the molecule is CN(C)c1ccccc1NC(=O)C(C)(N)c1ccccc1. The molecule has 2 rings (SSSR count). The molecule has 0 bridgehead atoms. The van der Waals surface area contributed by atoms with Crippen molar-refractivity contribution < 1.29 is 4.79 Å². The first-order chi connectivity index (χ1) is 9.93. The van der Waals surface area contributed by atoms with Crippen molar-refractivity contribution in [2.24, 2.45) is 5.73 Å². The van der Waals surface area contributed by atoms with Crippen LogP contribution in [0.25, 0.3) is 0 Å². The number of carbonyl (C=O) groups excluding carboxylic acids is 1. The van der Waals surface area contributed by atoms with E-state index in [4.69, 9.17) is 5.73 Å². The normalized spacial score (nSPS) is 13.3. The van der Waals surface area contributed by atoms with Crippen LogP contribution in [0.5, 0.6) is 0 Å². The molecule has 1 atom stereocenters. The number of hydrogen-bond donors (Lipinski definition) is 2. The fourth-order valence-electron chi connectivity index (χ4n) is 2.14. The second-order valence-electron chi connectivity index (χ2n) is 5.43. The molecule has 2 aromatic carbocycles. The van der Waals surface area contributed by atoms with Gasteiger partial charge < -0.3 is 16.0 Å². The summed E-state index contributed by atoms with van der Waals surface area (Å²) in [4.78, 5) is 14.5. The van der Waals surface area contributed by atoms with Gasteiger partial charge in [-0.3, -0.25) is 4.79 Å². The van der Waals surface area contributed by atoms with Crippen molar-refractivity contribution in [3.63, 3.8) is 0 Å². The molecule has 21 heavy (non-hydrogen) atoms. The van der Waals surface area contributed by atoms with Gasteiger partial charge in [-0.15, -0.1) is 0 Å². The molecule has 0 aliphatic heterocycles. The molecular formula is C17H21N3O. The Morgan fingerprint density at radius 3 is 2.24 bits per heavy atom. The van der Waals surface area contributed by atoms with Crippen LogP contribution < -0.4 is 16.0 Å². The van der Waals surface area contributed by atoms with Gasteiger partial charge in [0.05, 0.1) is 11.4 Å². The van der Waals surface area contributed by atoms with Crippen molar-refractivity contribution in [3.05, 3.63) is 60.2 Å². The van der Waals surface area contributed by atoms with Gasteiger partial charge in [-0.1, -0.05) is 42.5 Å². The highest BCUT2D eigenvalue weighted by Crippen LogP contribution is 2.26. The lowest BCUT2D eigenvalue weighted by Crippen LogP contribution is -2.45. The number of carbonyl (C=O) groups is 1. The van der Waals surface area contributed by atoms with Gasteiger partial charge in [0.2, 0.25) is 5.91 Å². The Morgan fingerprint density at radius 1 is 1.05 bits per heavy atom. The molecule has 0 spiro atoms. The van der Waals surface area contributed by atoms with Gasteiger partial charge in [-0.25, -0.2) is 0 Å². The van der Waals surface area contributed by atoms with Crippen molar-refractivity contribution in [3.8, 4) is 0 Å². The van der Waals surface area contributed by atoms with E-state index in [0.29, 0.717) is 0 Å². The van der Waals surface area contributed by atoms with Crippen LogP contribution >= 0.6 is 0 Å². The molecule has 3 N–H and O–H groups in total. The maximum absolute atomic E-state index is 12.6. The summed E-state index contributed by atoms with van der Waals surface area (Å²) in [5, 5.41) is 2.93. The topological polar surface area (TPSA) is 58.4 Å². The van der Waals surface area contributed by atoms with Crippen LogP contribution in [-0.4, -0.2) is 20.0 Å². The highest BCUT2D eigenvalue weighted by atomic mass is 16.2. The Kier molecular flexibility index (Phi) is 4.29. The molecule has 0 saturated heterocycles. The maximum atomic E-state index is 12.6. The third kappa shape index (κ3) is 3.23. The quantitative estimate of drug-likeness (QED) is 0.906. The lowest BCUT2D eigenvalue weighted by atomic mass is 9.92. The van der Waals surface area contributed by atoms with Crippen LogP contribution in [0, 0.1) is 0 Å². The number of anilines is 2. The molecule has 2 aromatic rings. The highest BCUT2D eigenvalue weighted by Gasteiger charge is 2.30. The van der Waals surface area contributed by atoms with Crippen LogP contribution in [0.2, 0.25) is 0 Å². The van der Waals surface area contributed by atoms with Gasteiger partial charge in [0.15, 0.2) is 0 Å². The molecule has 0 fully saturated rings. The van der Waals surface area contributed by atoms with Gasteiger partial charge in [-0.2, -0.15) is 0 Å². The van der Waals surface area contributed by atoms with Gasteiger partial charge >= 0.3 is 0 Å². The van der Waals surface area contributed by atoms with E-state index >= 15 is 0 Å². The molecule has 4 nitrogen and oxygen atoms in total. The van der Waals surface area contributed by atoms with Crippen LogP contribution in [0.1, 0.15) is 12.5 Å². The summed E-state index contributed by atoms with van der Waals surface area (Å²) in [6.07, 6.45) is 0. The minimum absolute atomic E-state index is 0.233. The molecule has 1 unspecified atom stereocenters. The van der Waals surface area contributed by atoms with E-state index in [2.05, 4.69) is 5.32 Å². The molecule has 0 heterocycles. The Balaban J connectivity index is 2.26. The Morgan fingerprint density at radius 2 is 1.62 bits per heavy atom. The molecule has 0 aromatic heterocycles. The fourth-order valence-corrected chi connectivity index (χ4v) is 2.14. The largest absolute Gasteiger partial charge is 0.376 e. The van der Waals surface area contributed by atoms with Crippen molar-refractivity contribution in [1.29, 1.82) is 0 Å². The number of benzene rings is 2. The molecule has 0 aliphatic rings. The van der Waals surface area contributed by atoms with Crippen LogP contribution in [0.3, 0.4) is 0 Å². The summed E-state index contributed by atoms with van der Waals surface area (Å²) in [7, 11) is 3.87. The summed E-state index contributed by atoms with van der Waals surface area (Å²) in [6, 6.07) is 17.0. The number of para-hydroxylation sites is 2. The average molecular weight is 283 g/mol. The Labute approximate surface area is 125 Å². The minimum Gasteiger partial charge on any atom is -0.376 e. The Bertz CT molecular complexity index is 621.